The van der Waals surface area contributed by atoms with Crippen molar-refractivity contribution in [2.24, 2.45) is 0 Å². The second kappa shape index (κ2) is 7.57. The van der Waals surface area contributed by atoms with Gasteiger partial charge in [0.05, 0.1) is 24.8 Å². The van der Waals surface area contributed by atoms with Gasteiger partial charge in [0.25, 0.3) is 0 Å². The molecule has 0 spiro atoms. The number of hydrogen-bond donors (Lipinski definition) is 0. The number of ether oxygens (including phenoxy) is 4. The molecule has 2 aromatic carbocycles. The second-order valence-corrected chi connectivity index (χ2v) is 15.8. The summed E-state index contributed by atoms with van der Waals surface area (Å²) in [7, 11) is 2.11. The van der Waals surface area contributed by atoms with Crippen LogP contribution in [0.2, 0.25) is 0 Å². The number of hydrogen-bond acceptors (Lipinski definition) is 4. The predicted molar refractivity (Wildman–Crippen MR) is 127 cm³/mol. The fourth-order valence-electron chi connectivity index (χ4n) is 4.42. The van der Waals surface area contributed by atoms with Crippen molar-refractivity contribution in [3.63, 3.8) is 0 Å². The van der Waals surface area contributed by atoms with Gasteiger partial charge in [0.15, 0.2) is 11.7 Å². The Balaban J connectivity index is 1.85. The fraction of sp³-hybridized carbons (Fsp3) is 0.500. The molecule has 0 saturated carbocycles. The maximum Gasteiger partial charge on any atom is 0.162 e. The lowest BCUT2D eigenvalue weighted by atomic mass is 10.2. The zero-order valence-electron chi connectivity index (χ0n) is 19.1. The van der Waals surface area contributed by atoms with Crippen LogP contribution in [0.1, 0.15) is 41.5 Å². The van der Waals surface area contributed by atoms with Gasteiger partial charge in [0, 0.05) is 0 Å². The molecule has 0 aliphatic carbocycles. The van der Waals surface area contributed by atoms with E-state index in [0.29, 0.717) is 0 Å². The zero-order chi connectivity index (χ0) is 21.8. The SMILES string of the molecule is COc1cccc2c1[P@](C(C)(C)C)C([C@H]1Oc3cccc(OC)c3[P@]1C(C)(C)C)O2. The number of fused-ring (bicyclic) bond motifs is 2. The van der Waals surface area contributed by atoms with Gasteiger partial charge in [-0.25, -0.2) is 0 Å². The van der Waals surface area contributed by atoms with Crippen molar-refractivity contribution in [1.82, 2.24) is 0 Å². The van der Waals surface area contributed by atoms with Crippen LogP contribution in [-0.2, 0) is 0 Å². The van der Waals surface area contributed by atoms with Gasteiger partial charge >= 0.3 is 0 Å². The van der Waals surface area contributed by atoms with E-state index in [4.69, 9.17) is 18.9 Å². The number of benzene rings is 2. The molecule has 2 aliphatic heterocycles. The molecule has 0 amide bonds. The van der Waals surface area contributed by atoms with Crippen LogP contribution in [0.15, 0.2) is 36.4 Å². The van der Waals surface area contributed by atoms with E-state index in [2.05, 4.69) is 53.7 Å². The summed E-state index contributed by atoms with van der Waals surface area (Å²) in [4.78, 5) is 0. The highest BCUT2D eigenvalue weighted by molar-refractivity contribution is 7.72. The summed E-state index contributed by atoms with van der Waals surface area (Å²) in [6.45, 7) is 13.8. The summed E-state index contributed by atoms with van der Waals surface area (Å²) in [5.74, 6) is 3.66. The highest BCUT2D eigenvalue weighted by Gasteiger charge is 2.55. The lowest BCUT2D eigenvalue weighted by molar-refractivity contribution is 0.171. The van der Waals surface area contributed by atoms with E-state index < -0.39 is 15.8 Å². The van der Waals surface area contributed by atoms with E-state index in [1.807, 2.05) is 24.3 Å². The first-order valence-electron chi connectivity index (χ1n) is 10.3. The van der Waals surface area contributed by atoms with Gasteiger partial charge in [-0.05, 0) is 50.4 Å². The van der Waals surface area contributed by atoms with E-state index in [0.717, 1.165) is 23.0 Å². The molecule has 0 saturated heterocycles. The lowest BCUT2D eigenvalue weighted by Crippen LogP contribution is -2.38. The predicted octanol–water partition coefficient (Wildman–Crippen LogP) is 5.65. The van der Waals surface area contributed by atoms with Crippen molar-refractivity contribution >= 4 is 26.5 Å². The van der Waals surface area contributed by atoms with Crippen LogP contribution in [0.25, 0.3) is 0 Å². The molecule has 2 aliphatic rings. The van der Waals surface area contributed by atoms with Crippen LogP contribution in [-0.4, -0.2) is 36.2 Å². The summed E-state index contributed by atoms with van der Waals surface area (Å²) >= 11 is 0. The van der Waals surface area contributed by atoms with Crippen molar-refractivity contribution in [1.29, 1.82) is 0 Å². The third-order valence-corrected chi connectivity index (χ3v) is 12.3. The topological polar surface area (TPSA) is 36.9 Å². The monoisotopic (exact) mass is 446 g/mol. The van der Waals surface area contributed by atoms with Crippen molar-refractivity contribution in [3.05, 3.63) is 36.4 Å². The Morgan fingerprint density at radius 1 is 0.667 bits per heavy atom. The van der Waals surface area contributed by atoms with E-state index in [-0.39, 0.29) is 22.0 Å². The molecule has 0 fully saturated rings. The molecule has 6 heteroatoms. The molecular weight excluding hydrogens is 414 g/mol. The molecule has 0 N–H and O–H groups in total. The third kappa shape index (κ3) is 3.47. The number of methoxy groups -OCH3 is 2. The summed E-state index contributed by atoms with van der Waals surface area (Å²) in [5.41, 5.74) is 0. The average molecular weight is 446 g/mol. The minimum Gasteiger partial charge on any atom is -0.496 e. The normalized spacial score (nSPS) is 25.2. The van der Waals surface area contributed by atoms with E-state index in [1.54, 1.807) is 14.2 Å². The zero-order valence-corrected chi connectivity index (χ0v) is 20.9. The van der Waals surface area contributed by atoms with Gasteiger partial charge < -0.3 is 18.9 Å². The Bertz CT molecular complexity index is 868. The van der Waals surface area contributed by atoms with Gasteiger partial charge in [-0.3, -0.25) is 0 Å². The Morgan fingerprint density at radius 2 is 1.03 bits per heavy atom. The molecule has 162 valence electrons. The smallest absolute Gasteiger partial charge is 0.162 e. The number of rotatable bonds is 3. The van der Waals surface area contributed by atoms with Crippen molar-refractivity contribution in [2.75, 3.05) is 14.2 Å². The summed E-state index contributed by atoms with van der Waals surface area (Å²) in [6.07, 6.45) is 0. The van der Waals surface area contributed by atoms with Crippen molar-refractivity contribution in [3.8, 4) is 23.0 Å². The molecule has 4 rings (SSSR count). The molecule has 4 atom stereocenters. The fourth-order valence-corrected chi connectivity index (χ4v) is 11.2. The molecule has 0 aromatic heterocycles. The lowest BCUT2D eigenvalue weighted by Gasteiger charge is -2.39. The average Bonchev–Trinajstić information content (AvgIpc) is 3.25. The Labute approximate surface area is 182 Å². The molecular formula is C24H32O4P2. The highest BCUT2D eigenvalue weighted by Crippen LogP contribution is 2.69. The molecule has 0 radical (unpaired) electrons. The molecule has 2 aromatic rings. The molecule has 0 bridgehead atoms. The Morgan fingerprint density at radius 3 is 1.33 bits per heavy atom. The molecule has 2 heterocycles. The third-order valence-electron chi connectivity index (χ3n) is 5.54. The standard InChI is InChI=1S/C24H32O4P2/c1-23(2,3)29-19-15(25-7)11-9-13-17(19)27-21(29)22-28-18-14-10-12-16(26-8)20(18)30(22)24(4,5)6/h9-14,21-22H,1-8H3/t21-,22?,29-,30-/m0/s1. The van der Waals surface area contributed by atoms with Crippen LogP contribution in [0.5, 0.6) is 23.0 Å². The minimum absolute atomic E-state index is 0.0336. The van der Waals surface area contributed by atoms with E-state index >= 15 is 0 Å². The molecule has 1 unspecified atom stereocenters. The molecule has 4 nitrogen and oxygen atoms in total. The van der Waals surface area contributed by atoms with Gasteiger partial charge in [-0.15, -0.1) is 0 Å². The maximum atomic E-state index is 6.70. The van der Waals surface area contributed by atoms with Crippen molar-refractivity contribution < 1.29 is 18.9 Å². The second-order valence-electron chi connectivity index (χ2n) is 9.71. The van der Waals surface area contributed by atoms with E-state index in [1.165, 1.54) is 10.6 Å². The van der Waals surface area contributed by atoms with Crippen LogP contribution in [0.3, 0.4) is 0 Å². The first-order valence-corrected chi connectivity index (χ1v) is 13.2. The van der Waals surface area contributed by atoms with Gasteiger partial charge in [0.2, 0.25) is 0 Å². The first kappa shape index (κ1) is 21.7. The van der Waals surface area contributed by atoms with Gasteiger partial charge in [-0.2, -0.15) is 0 Å². The highest BCUT2D eigenvalue weighted by atomic mass is 31.1. The summed E-state index contributed by atoms with van der Waals surface area (Å²) < 4.78 is 24.9. The quantitative estimate of drug-likeness (QED) is 0.571. The van der Waals surface area contributed by atoms with Crippen LogP contribution in [0, 0.1) is 0 Å². The van der Waals surface area contributed by atoms with Gasteiger partial charge in [0.1, 0.15) is 23.0 Å². The summed E-state index contributed by atoms with van der Waals surface area (Å²) in [6, 6.07) is 12.3. The van der Waals surface area contributed by atoms with Crippen LogP contribution in [0.4, 0.5) is 0 Å². The Kier molecular flexibility index (Phi) is 5.48. The Hall–Kier alpha value is -1.50. The van der Waals surface area contributed by atoms with Crippen LogP contribution < -0.4 is 29.6 Å². The summed E-state index contributed by atoms with van der Waals surface area (Å²) in [5, 5.41) is 2.54. The molecule has 30 heavy (non-hydrogen) atoms. The van der Waals surface area contributed by atoms with Crippen LogP contribution >= 0.6 is 15.8 Å². The maximum absolute atomic E-state index is 6.70. The largest absolute Gasteiger partial charge is 0.496 e. The first-order chi connectivity index (χ1) is 14.1. The van der Waals surface area contributed by atoms with E-state index in [9.17, 15) is 0 Å². The van der Waals surface area contributed by atoms with Crippen molar-refractivity contribution in [2.45, 2.75) is 63.5 Å². The minimum atomic E-state index is -0.690. The van der Waals surface area contributed by atoms with Gasteiger partial charge in [-0.1, -0.05) is 53.7 Å².